The standard InChI is InChI=1S/C15H20BrNO2/c1-9-11(4-3-7-19-2)8-12(15(17)18)13(14(9)16)10-5-6-10/h8,10H,3-7H2,1-2H3,(H2,17,18). The summed E-state index contributed by atoms with van der Waals surface area (Å²) in [6, 6.07) is 1.98. The first-order chi connectivity index (χ1) is 9.06. The number of carbonyl (C=O) groups excluding carboxylic acids is 1. The Labute approximate surface area is 122 Å². The van der Waals surface area contributed by atoms with Gasteiger partial charge < -0.3 is 10.5 Å². The molecule has 1 fully saturated rings. The summed E-state index contributed by atoms with van der Waals surface area (Å²) in [6.07, 6.45) is 4.16. The van der Waals surface area contributed by atoms with E-state index in [1.807, 2.05) is 6.07 Å². The molecule has 4 heteroatoms. The van der Waals surface area contributed by atoms with E-state index in [1.165, 1.54) is 11.1 Å². The van der Waals surface area contributed by atoms with Crippen LogP contribution >= 0.6 is 15.9 Å². The maximum absolute atomic E-state index is 11.7. The molecule has 0 unspecified atom stereocenters. The molecule has 0 saturated heterocycles. The summed E-state index contributed by atoms with van der Waals surface area (Å²) in [6.45, 7) is 2.83. The average molecular weight is 326 g/mol. The maximum Gasteiger partial charge on any atom is 0.249 e. The Morgan fingerprint density at radius 3 is 2.74 bits per heavy atom. The molecule has 19 heavy (non-hydrogen) atoms. The fourth-order valence-corrected chi connectivity index (χ4v) is 3.26. The summed E-state index contributed by atoms with van der Waals surface area (Å²) in [5.41, 5.74) is 9.74. The highest BCUT2D eigenvalue weighted by molar-refractivity contribution is 9.10. The fraction of sp³-hybridized carbons (Fsp3) is 0.533. The van der Waals surface area contributed by atoms with Crippen molar-refractivity contribution in [3.8, 4) is 0 Å². The normalized spacial score (nSPS) is 14.7. The minimum atomic E-state index is -0.324. The SMILES string of the molecule is COCCCc1cc(C(N)=O)c(C2CC2)c(Br)c1C. The van der Waals surface area contributed by atoms with Crippen LogP contribution in [0.4, 0.5) is 0 Å². The van der Waals surface area contributed by atoms with Gasteiger partial charge in [-0.3, -0.25) is 4.79 Å². The molecule has 3 nitrogen and oxygen atoms in total. The van der Waals surface area contributed by atoms with Crippen molar-refractivity contribution in [1.29, 1.82) is 0 Å². The van der Waals surface area contributed by atoms with Gasteiger partial charge in [-0.1, -0.05) is 15.9 Å². The van der Waals surface area contributed by atoms with Gasteiger partial charge in [-0.05, 0) is 61.3 Å². The van der Waals surface area contributed by atoms with Crippen LogP contribution in [0, 0.1) is 6.92 Å². The van der Waals surface area contributed by atoms with Crippen molar-refractivity contribution >= 4 is 21.8 Å². The zero-order valence-electron chi connectivity index (χ0n) is 11.5. The molecule has 0 aliphatic heterocycles. The Kier molecular flexibility index (Phi) is 4.63. The summed E-state index contributed by atoms with van der Waals surface area (Å²) >= 11 is 3.66. The molecule has 1 saturated carbocycles. The van der Waals surface area contributed by atoms with Crippen LogP contribution in [0.5, 0.6) is 0 Å². The topological polar surface area (TPSA) is 52.3 Å². The lowest BCUT2D eigenvalue weighted by Crippen LogP contribution is -2.15. The number of rotatable bonds is 6. The van der Waals surface area contributed by atoms with Crippen molar-refractivity contribution < 1.29 is 9.53 Å². The molecule has 1 aliphatic carbocycles. The first-order valence-corrected chi connectivity index (χ1v) is 7.46. The smallest absolute Gasteiger partial charge is 0.249 e. The highest BCUT2D eigenvalue weighted by Gasteiger charge is 2.31. The van der Waals surface area contributed by atoms with E-state index in [2.05, 4.69) is 22.9 Å². The Morgan fingerprint density at radius 2 is 2.21 bits per heavy atom. The van der Waals surface area contributed by atoms with E-state index >= 15 is 0 Å². The highest BCUT2D eigenvalue weighted by Crippen LogP contribution is 2.46. The van der Waals surface area contributed by atoms with Crippen molar-refractivity contribution in [1.82, 2.24) is 0 Å². The summed E-state index contributed by atoms with van der Waals surface area (Å²) in [5.74, 6) is 0.180. The molecule has 104 valence electrons. The van der Waals surface area contributed by atoms with Gasteiger partial charge in [0.05, 0.1) is 0 Å². The molecule has 2 rings (SSSR count). The van der Waals surface area contributed by atoms with E-state index in [0.717, 1.165) is 42.3 Å². The van der Waals surface area contributed by atoms with Gasteiger partial charge in [0.1, 0.15) is 0 Å². The molecule has 0 heterocycles. The highest BCUT2D eigenvalue weighted by atomic mass is 79.9. The predicted octanol–water partition coefficient (Wildman–Crippen LogP) is 3.31. The summed E-state index contributed by atoms with van der Waals surface area (Å²) < 4.78 is 6.15. The molecular formula is C15H20BrNO2. The van der Waals surface area contributed by atoms with Crippen LogP contribution in [-0.4, -0.2) is 19.6 Å². The molecule has 0 spiro atoms. The quantitative estimate of drug-likeness (QED) is 0.816. The predicted molar refractivity (Wildman–Crippen MR) is 79.6 cm³/mol. The number of amides is 1. The van der Waals surface area contributed by atoms with Crippen LogP contribution in [0.1, 0.15) is 52.2 Å². The molecular weight excluding hydrogens is 306 g/mol. The third-order valence-corrected chi connectivity index (χ3v) is 4.72. The third kappa shape index (κ3) is 3.18. The number of hydrogen-bond acceptors (Lipinski definition) is 2. The van der Waals surface area contributed by atoms with Gasteiger partial charge in [0.2, 0.25) is 5.91 Å². The van der Waals surface area contributed by atoms with Gasteiger partial charge in [-0.25, -0.2) is 0 Å². The Hall–Kier alpha value is -0.870. The van der Waals surface area contributed by atoms with Crippen LogP contribution in [0.2, 0.25) is 0 Å². The third-order valence-electron chi connectivity index (χ3n) is 3.70. The molecule has 1 amide bonds. The molecule has 1 aromatic rings. The lowest BCUT2D eigenvalue weighted by molar-refractivity contribution is 0.0999. The summed E-state index contributed by atoms with van der Waals surface area (Å²) in [5, 5.41) is 0. The molecule has 0 bridgehead atoms. The Bertz CT molecular complexity index is 495. The average Bonchev–Trinajstić information content (AvgIpc) is 3.18. The number of primary amides is 1. The van der Waals surface area contributed by atoms with Gasteiger partial charge in [0, 0.05) is 23.8 Å². The monoisotopic (exact) mass is 325 g/mol. The minimum Gasteiger partial charge on any atom is -0.385 e. The van der Waals surface area contributed by atoms with Gasteiger partial charge in [0.15, 0.2) is 0 Å². The summed E-state index contributed by atoms with van der Waals surface area (Å²) in [7, 11) is 1.70. The number of aryl methyl sites for hydroxylation is 1. The van der Waals surface area contributed by atoms with Crippen LogP contribution < -0.4 is 5.73 Å². The van der Waals surface area contributed by atoms with Crippen molar-refractivity contribution in [2.75, 3.05) is 13.7 Å². The Morgan fingerprint density at radius 1 is 1.53 bits per heavy atom. The molecule has 0 radical (unpaired) electrons. The Balaban J connectivity index is 2.37. The second kappa shape index (κ2) is 6.06. The number of hydrogen-bond donors (Lipinski definition) is 1. The van der Waals surface area contributed by atoms with E-state index in [1.54, 1.807) is 7.11 Å². The number of benzene rings is 1. The molecule has 2 N–H and O–H groups in total. The van der Waals surface area contributed by atoms with Crippen molar-refractivity contribution in [3.05, 3.63) is 32.8 Å². The summed E-state index contributed by atoms with van der Waals surface area (Å²) in [4.78, 5) is 11.7. The second-order valence-electron chi connectivity index (χ2n) is 5.17. The van der Waals surface area contributed by atoms with E-state index in [0.29, 0.717) is 11.5 Å². The van der Waals surface area contributed by atoms with Crippen LogP contribution in [-0.2, 0) is 11.2 Å². The lowest BCUT2D eigenvalue weighted by atomic mass is 9.93. The first kappa shape index (κ1) is 14.5. The van der Waals surface area contributed by atoms with Gasteiger partial charge >= 0.3 is 0 Å². The maximum atomic E-state index is 11.7. The molecule has 1 aliphatic rings. The lowest BCUT2D eigenvalue weighted by Gasteiger charge is -2.16. The molecule has 0 atom stereocenters. The fourth-order valence-electron chi connectivity index (χ4n) is 2.46. The van der Waals surface area contributed by atoms with E-state index in [-0.39, 0.29) is 5.91 Å². The van der Waals surface area contributed by atoms with Gasteiger partial charge in [-0.2, -0.15) is 0 Å². The van der Waals surface area contributed by atoms with Crippen LogP contribution in [0.25, 0.3) is 0 Å². The molecule has 0 aromatic heterocycles. The first-order valence-electron chi connectivity index (χ1n) is 6.66. The zero-order valence-corrected chi connectivity index (χ0v) is 13.0. The van der Waals surface area contributed by atoms with Crippen molar-refractivity contribution in [2.45, 2.75) is 38.5 Å². The van der Waals surface area contributed by atoms with Gasteiger partial charge in [-0.15, -0.1) is 0 Å². The van der Waals surface area contributed by atoms with E-state index in [4.69, 9.17) is 10.5 Å². The number of nitrogens with two attached hydrogens (primary N) is 1. The van der Waals surface area contributed by atoms with Gasteiger partial charge in [0.25, 0.3) is 0 Å². The number of methoxy groups -OCH3 is 1. The van der Waals surface area contributed by atoms with Crippen molar-refractivity contribution in [2.24, 2.45) is 5.73 Å². The minimum absolute atomic E-state index is 0.324. The number of carbonyl (C=O) groups is 1. The van der Waals surface area contributed by atoms with Crippen molar-refractivity contribution in [3.63, 3.8) is 0 Å². The zero-order chi connectivity index (χ0) is 14.0. The number of ether oxygens (including phenoxy) is 1. The van der Waals surface area contributed by atoms with E-state index < -0.39 is 0 Å². The number of halogens is 1. The van der Waals surface area contributed by atoms with Crippen LogP contribution in [0.3, 0.4) is 0 Å². The van der Waals surface area contributed by atoms with Crippen LogP contribution in [0.15, 0.2) is 10.5 Å². The van der Waals surface area contributed by atoms with E-state index in [9.17, 15) is 4.79 Å². The largest absolute Gasteiger partial charge is 0.385 e. The molecule has 1 aromatic carbocycles. The second-order valence-corrected chi connectivity index (χ2v) is 5.96.